The van der Waals surface area contributed by atoms with Crippen LogP contribution in [0.15, 0.2) is 59.5 Å². The molecule has 0 N–H and O–H groups in total. The van der Waals surface area contributed by atoms with Crippen molar-refractivity contribution in [3.63, 3.8) is 0 Å². The molecular formula is C26H20ClFINO4S. The first-order valence-corrected chi connectivity index (χ1v) is 12.8. The number of carbonyl (C=O) groups excluding carboxylic acids is 2. The van der Waals surface area contributed by atoms with Gasteiger partial charge in [-0.15, -0.1) is 0 Å². The minimum absolute atomic E-state index is 0.0743. The van der Waals surface area contributed by atoms with Crippen LogP contribution in [-0.2, 0) is 17.9 Å². The molecule has 0 bridgehead atoms. The third-order valence-corrected chi connectivity index (χ3v) is 7.37. The maximum atomic E-state index is 14.1. The number of imide groups is 1. The molecule has 0 atom stereocenters. The Morgan fingerprint density at radius 1 is 1.14 bits per heavy atom. The standard InChI is InChI=1S/C26H20ClFINO4S/c1-15-6-8-16(9-7-15)13-30-25(31)23(35-26(30)32)12-17-10-21(29)24(22(11-17)33-2)34-14-18-19(27)4-3-5-20(18)28/h3-12H,13-14H2,1-2H3/b23-12-. The molecule has 2 amide bonds. The molecule has 1 saturated heterocycles. The highest BCUT2D eigenvalue weighted by Crippen LogP contribution is 2.38. The topological polar surface area (TPSA) is 55.8 Å². The number of halogens is 3. The molecule has 5 nitrogen and oxygen atoms in total. The van der Waals surface area contributed by atoms with Gasteiger partial charge in [0.15, 0.2) is 11.5 Å². The van der Waals surface area contributed by atoms with Crippen molar-refractivity contribution in [3.05, 3.63) is 96.2 Å². The van der Waals surface area contributed by atoms with Crippen LogP contribution in [0.4, 0.5) is 9.18 Å². The zero-order valence-corrected chi connectivity index (χ0v) is 22.5. The Kier molecular flexibility index (Phi) is 8.03. The lowest BCUT2D eigenvalue weighted by atomic mass is 10.1. The van der Waals surface area contributed by atoms with Crippen molar-refractivity contribution in [1.29, 1.82) is 0 Å². The summed E-state index contributed by atoms with van der Waals surface area (Å²) in [5, 5.41) is -0.0397. The van der Waals surface area contributed by atoms with Crippen LogP contribution in [0.25, 0.3) is 6.08 Å². The molecular weight excluding hydrogens is 604 g/mol. The third kappa shape index (κ3) is 5.82. The average molecular weight is 624 g/mol. The molecule has 1 heterocycles. The predicted molar refractivity (Wildman–Crippen MR) is 144 cm³/mol. The molecule has 3 aromatic carbocycles. The maximum absolute atomic E-state index is 14.1. The highest BCUT2D eigenvalue weighted by atomic mass is 127. The molecule has 0 saturated carbocycles. The predicted octanol–water partition coefficient (Wildman–Crippen LogP) is 7.22. The molecule has 0 aliphatic carbocycles. The van der Waals surface area contributed by atoms with Crippen molar-refractivity contribution >= 4 is 63.2 Å². The molecule has 1 aliphatic heterocycles. The minimum atomic E-state index is -0.454. The number of ether oxygens (including phenoxy) is 2. The van der Waals surface area contributed by atoms with Crippen LogP contribution in [0, 0.1) is 16.3 Å². The van der Waals surface area contributed by atoms with E-state index in [1.807, 2.05) is 31.2 Å². The molecule has 0 spiro atoms. The van der Waals surface area contributed by atoms with E-state index in [0.717, 1.165) is 22.9 Å². The van der Waals surface area contributed by atoms with Gasteiger partial charge in [0.1, 0.15) is 12.4 Å². The Morgan fingerprint density at radius 2 is 1.89 bits per heavy atom. The highest BCUT2D eigenvalue weighted by molar-refractivity contribution is 14.1. The number of thioether (sulfide) groups is 1. The fraction of sp³-hybridized carbons (Fsp3) is 0.154. The van der Waals surface area contributed by atoms with E-state index in [0.29, 0.717) is 25.5 Å². The fourth-order valence-corrected chi connectivity index (χ4v) is 5.28. The van der Waals surface area contributed by atoms with E-state index < -0.39 is 5.82 Å². The van der Waals surface area contributed by atoms with Crippen molar-refractivity contribution in [2.75, 3.05) is 7.11 Å². The molecule has 180 valence electrons. The SMILES string of the molecule is COc1cc(/C=C2\SC(=O)N(Cc3ccc(C)cc3)C2=O)cc(I)c1OCc1c(F)cccc1Cl. The number of aryl methyl sites for hydroxylation is 1. The lowest BCUT2D eigenvalue weighted by Gasteiger charge is -2.15. The molecule has 0 aromatic heterocycles. The molecule has 4 rings (SSSR count). The number of hydrogen-bond acceptors (Lipinski definition) is 5. The van der Waals surface area contributed by atoms with Gasteiger partial charge in [0, 0.05) is 5.56 Å². The second-order valence-corrected chi connectivity index (χ2v) is 10.3. The van der Waals surface area contributed by atoms with E-state index in [1.165, 1.54) is 24.1 Å². The van der Waals surface area contributed by atoms with Gasteiger partial charge in [0.2, 0.25) is 0 Å². The van der Waals surface area contributed by atoms with Crippen LogP contribution in [0.5, 0.6) is 11.5 Å². The number of benzene rings is 3. The zero-order chi connectivity index (χ0) is 25.1. The second kappa shape index (κ2) is 11.0. The Labute approximate surface area is 225 Å². The van der Waals surface area contributed by atoms with Gasteiger partial charge >= 0.3 is 0 Å². The normalized spacial score (nSPS) is 14.7. The number of carbonyl (C=O) groups is 2. The van der Waals surface area contributed by atoms with E-state index in [2.05, 4.69) is 22.6 Å². The highest BCUT2D eigenvalue weighted by Gasteiger charge is 2.35. The monoisotopic (exact) mass is 623 g/mol. The summed E-state index contributed by atoms with van der Waals surface area (Å²) in [6, 6.07) is 15.7. The first kappa shape index (κ1) is 25.5. The molecule has 1 fully saturated rings. The largest absolute Gasteiger partial charge is 0.493 e. The van der Waals surface area contributed by atoms with Crippen molar-refractivity contribution in [2.24, 2.45) is 0 Å². The Bertz CT molecular complexity index is 1310. The van der Waals surface area contributed by atoms with Crippen molar-refractivity contribution < 1.29 is 23.5 Å². The lowest BCUT2D eigenvalue weighted by Crippen LogP contribution is -2.27. The first-order valence-electron chi connectivity index (χ1n) is 10.5. The summed E-state index contributed by atoms with van der Waals surface area (Å²) in [5.41, 5.74) is 2.91. The van der Waals surface area contributed by atoms with Gasteiger partial charge in [-0.3, -0.25) is 14.5 Å². The molecule has 9 heteroatoms. The summed E-state index contributed by atoms with van der Waals surface area (Å²) in [6.07, 6.45) is 1.65. The van der Waals surface area contributed by atoms with Crippen LogP contribution in [0.1, 0.15) is 22.3 Å². The van der Waals surface area contributed by atoms with Crippen molar-refractivity contribution in [1.82, 2.24) is 4.90 Å². The number of hydrogen-bond donors (Lipinski definition) is 0. The van der Waals surface area contributed by atoms with Crippen LogP contribution in [0.3, 0.4) is 0 Å². The van der Waals surface area contributed by atoms with E-state index in [9.17, 15) is 14.0 Å². The summed E-state index contributed by atoms with van der Waals surface area (Å²) in [5.74, 6) is 0.0417. The minimum Gasteiger partial charge on any atom is -0.493 e. The first-order chi connectivity index (χ1) is 16.8. The molecule has 0 unspecified atom stereocenters. The van der Waals surface area contributed by atoms with Gasteiger partial charge in [0.05, 0.1) is 27.2 Å². The number of rotatable bonds is 7. The number of amides is 2. The second-order valence-electron chi connectivity index (χ2n) is 7.78. The van der Waals surface area contributed by atoms with Crippen LogP contribution < -0.4 is 9.47 Å². The third-order valence-electron chi connectivity index (χ3n) is 5.31. The Morgan fingerprint density at radius 3 is 2.57 bits per heavy atom. The fourth-order valence-electron chi connectivity index (χ4n) is 3.44. The van der Waals surface area contributed by atoms with E-state index in [1.54, 1.807) is 24.3 Å². The quantitative estimate of drug-likeness (QED) is 0.206. The van der Waals surface area contributed by atoms with Crippen LogP contribution in [-0.4, -0.2) is 23.2 Å². The van der Waals surface area contributed by atoms with Crippen LogP contribution in [0.2, 0.25) is 5.02 Å². The number of methoxy groups -OCH3 is 1. The van der Waals surface area contributed by atoms with Gasteiger partial charge in [-0.2, -0.15) is 0 Å². The van der Waals surface area contributed by atoms with E-state index in [-0.39, 0.29) is 34.9 Å². The van der Waals surface area contributed by atoms with Crippen molar-refractivity contribution in [2.45, 2.75) is 20.1 Å². The van der Waals surface area contributed by atoms with Gasteiger partial charge in [-0.1, -0.05) is 47.5 Å². The summed E-state index contributed by atoms with van der Waals surface area (Å²) in [7, 11) is 1.49. The Balaban J connectivity index is 1.54. The summed E-state index contributed by atoms with van der Waals surface area (Å²) < 4.78 is 26.1. The summed E-state index contributed by atoms with van der Waals surface area (Å²) >= 11 is 9.08. The number of nitrogens with zero attached hydrogens (tertiary/aromatic N) is 1. The van der Waals surface area contributed by atoms with E-state index >= 15 is 0 Å². The van der Waals surface area contributed by atoms with Gasteiger partial charge in [0.25, 0.3) is 11.1 Å². The lowest BCUT2D eigenvalue weighted by molar-refractivity contribution is -0.123. The van der Waals surface area contributed by atoms with Gasteiger partial charge in [-0.25, -0.2) is 4.39 Å². The molecule has 0 radical (unpaired) electrons. The zero-order valence-electron chi connectivity index (χ0n) is 18.8. The van der Waals surface area contributed by atoms with Crippen LogP contribution >= 0.6 is 46.0 Å². The van der Waals surface area contributed by atoms with E-state index in [4.69, 9.17) is 21.1 Å². The smallest absolute Gasteiger partial charge is 0.293 e. The molecule has 1 aliphatic rings. The van der Waals surface area contributed by atoms with Crippen molar-refractivity contribution in [3.8, 4) is 11.5 Å². The van der Waals surface area contributed by atoms with Gasteiger partial charge in [-0.05, 0) is 82.7 Å². The van der Waals surface area contributed by atoms with Gasteiger partial charge < -0.3 is 9.47 Å². The molecule has 35 heavy (non-hydrogen) atoms. The Hall–Kier alpha value is -2.56. The maximum Gasteiger partial charge on any atom is 0.293 e. The average Bonchev–Trinajstić information content (AvgIpc) is 3.08. The summed E-state index contributed by atoms with van der Waals surface area (Å²) in [6.45, 7) is 2.12. The summed E-state index contributed by atoms with van der Waals surface area (Å²) in [4.78, 5) is 27.0. The molecule has 3 aromatic rings.